The quantitative estimate of drug-likeness (QED) is 0.104. The molecular weight excluding hydrogens is 299 g/mol. The number of unbranched alkanes of at least 4 members (excludes halogenated alkanes) is 11. The molecule has 0 N–H and O–H groups in total. The number of rotatable bonds is 16. The van der Waals surface area contributed by atoms with Crippen LogP contribution in [0.25, 0.3) is 0 Å². The van der Waals surface area contributed by atoms with E-state index in [1.807, 2.05) is 0 Å². The number of hydrogen-bond acceptors (Lipinski definition) is 2. The second-order valence-electron chi connectivity index (χ2n) is 5.56. The zero-order valence-electron chi connectivity index (χ0n) is 13.2. The van der Waals surface area contributed by atoms with Gasteiger partial charge in [-0.05, 0) is 44.7 Å². The highest BCUT2D eigenvalue weighted by atomic mass is 33.1. The minimum absolute atomic E-state index is 1.21. The van der Waals surface area contributed by atoms with Crippen LogP contribution >= 0.6 is 31.7 Å². The van der Waals surface area contributed by atoms with Crippen molar-refractivity contribution in [3.8, 4) is 0 Å². The Morgan fingerprint density at radius 1 is 0.650 bits per heavy atom. The first kappa shape index (κ1) is 20.9. The van der Waals surface area contributed by atoms with Gasteiger partial charge in [-0.3, -0.25) is 0 Å². The molecule has 0 aliphatic heterocycles. The minimum atomic E-state index is 1.21. The van der Waals surface area contributed by atoms with Crippen LogP contribution < -0.4 is 0 Å². The van der Waals surface area contributed by atoms with Gasteiger partial charge in [-0.25, -0.2) is 0 Å². The van der Waals surface area contributed by atoms with Crippen LogP contribution in [0.15, 0.2) is 12.2 Å². The van der Waals surface area contributed by atoms with Crippen molar-refractivity contribution in [1.82, 2.24) is 0 Å². The predicted octanol–water partition coefficient (Wildman–Crippen LogP) is 7.07. The monoisotopic (exact) mass is 334 g/mol. The summed E-state index contributed by atoms with van der Waals surface area (Å²) in [4.78, 5) is 0. The topological polar surface area (TPSA) is 0 Å². The SMILES string of the molecule is PCCCCCCCC/C=C\CCCCCCCSS. The lowest BCUT2D eigenvalue weighted by atomic mass is 10.1. The average Bonchev–Trinajstić information content (AvgIpc) is 2.47. The molecule has 0 saturated carbocycles. The first-order valence-electron chi connectivity index (χ1n) is 8.53. The van der Waals surface area contributed by atoms with Gasteiger partial charge in [-0.15, -0.1) is 20.9 Å². The van der Waals surface area contributed by atoms with Crippen molar-refractivity contribution >= 4 is 31.7 Å². The molecule has 0 aromatic rings. The third-order valence-corrected chi connectivity index (χ3v) is 5.03. The van der Waals surface area contributed by atoms with E-state index < -0.39 is 0 Å². The second-order valence-corrected chi connectivity index (χ2v) is 7.58. The van der Waals surface area contributed by atoms with Crippen LogP contribution in [0.5, 0.6) is 0 Å². The van der Waals surface area contributed by atoms with E-state index >= 15 is 0 Å². The summed E-state index contributed by atoms with van der Waals surface area (Å²) in [5, 5.41) is 0. The van der Waals surface area contributed by atoms with Gasteiger partial charge < -0.3 is 0 Å². The standard InChI is InChI=1S/C17H35PS2/c18-16-14-12-10-8-6-4-2-1-3-5-7-9-11-13-15-17-20-19/h1,3,19H,2,4-18H2/b3-1-. The molecule has 0 aromatic heterocycles. The third kappa shape index (κ3) is 18.9. The Bertz CT molecular complexity index is 175. The van der Waals surface area contributed by atoms with Crippen molar-refractivity contribution in [2.75, 3.05) is 11.9 Å². The van der Waals surface area contributed by atoms with Crippen LogP contribution in [-0.4, -0.2) is 11.9 Å². The van der Waals surface area contributed by atoms with E-state index in [0.717, 1.165) is 0 Å². The van der Waals surface area contributed by atoms with E-state index in [1.165, 1.54) is 95.4 Å². The maximum Gasteiger partial charge on any atom is 0.00345 e. The fourth-order valence-corrected chi connectivity index (χ4v) is 3.32. The summed E-state index contributed by atoms with van der Waals surface area (Å²) >= 11 is 4.15. The highest BCUT2D eigenvalue weighted by molar-refractivity contribution is 8.68. The fourth-order valence-electron chi connectivity index (χ4n) is 2.31. The summed E-state index contributed by atoms with van der Waals surface area (Å²) < 4.78 is 0. The third-order valence-electron chi connectivity index (χ3n) is 3.60. The second kappa shape index (κ2) is 19.9. The van der Waals surface area contributed by atoms with Gasteiger partial charge in [-0.2, -0.15) is 0 Å². The molecule has 0 nitrogen and oxygen atoms in total. The lowest BCUT2D eigenvalue weighted by molar-refractivity contribution is 0.612. The van der Waals surface area contributed by atoms with E-state index in [2.05, 4.69) is 33.1 Å². The van der Waals surface area contributed by atoms with E-state index in [-0.39, 0.29) is 0 Å². The predicted molar refractivity (Wildman–Crippen MR) is 105 cm³/mol. The summed E-state index contributed by atoms with van der Waals surface area (Å²) in [5.74, 6) is 1.21. The molecule has 0 rings (SSSR count). The smallest absolute Gasteiger partial charge is 0.00345 e. The zero-order chi connectivity index (χ0) is 14.7. The number of thiol groups is 1. The van der Waals surface area contributed by atoms with Crippen LogP contribution in [0.1, 0.15) is 83.5 Å². The molecule has 120 valence electrons. The van der Waals surface area contributed by atoms with Crippen molar-refractivity contribution in [2.45, 2.75) is 83.5 Å². The summed E-state index contributed by atoms with van der Waals surface area (Å²) in [7, 11) is 4.49. The molecule has 1 atom stereocenters. The Kier molecular flexibility index (Phi) is 20.7. The van der Waals surface area contributed by atoms with E-state index in [9.17, 15) is 0 Å². The van der Waals surface area contributed by atoms with Gasteiger partial charge in [0.15, 0.2) is 0 Å². The van der Waals surface area contributed by atoms with Crippen LogP contribution in [0.3, 0.4) is 0 Å². The van der Waals surface area contributed by atoms with Gasteiger partial charge in [0.25, 0.3) is 0 Å². The largest absolute Gasteiger partial charge is 0.138 e. The molecular formula is C17H35PS2. The Hall–Kier alpha value is 0.870. The molecule has 0 amide bonds. The molecule has 0 bridgehead atoms. The van der Waals surface area contributed by atoms with Crippen molar-refractivity contribution in [3.63, 3.8) is 0 Å². The maximum absolute atomic E-state index is 4.15. The summed E-state index contributed by atoms with van der Waals surface area (Å²) in [6.45, 7) is 0. The molecule has 20 heavy (non-hydrogen) atoms. The molecule has 0 spiro atoms. The van der Waals surface area contributed by atoms with Gasteiger partial charge in [0.05, 0.1) is 0 Å². The van der Waals surface area contributed by atoms with Gasteiger partial charge >= 0.3 is 0 Å². The molecule has 0 saturated heterocycles. The van der Waals surface area contributed by atoms with Crippen molar-refractivity contribution < 1.29 is 0 Å². The van der Waals surface area contributed by atoms with Gasteiger partial charge in [0, 0.05) is 5.75 Å². The first-order chi connectivity index (χ1) is 9.91. The highest BCUT2D eigenvalue weighted by Gasteiger charge is 1.91. The summed E-state index contributed by atoms with van der Waals surface area (Å²) in [5.41, 5.74) is 0. The Balaban J connectivity index is 3.01. The lowest BCUT2D eigenvalue weighted by Crippen LogP contribution is -1.81. The Morgan fingerprint density at radius 3 is 1.60 bits per heavy atom. The zero-order valence-corrected chi connectivity index (χ0v) is 16.1. The Morgan fingerprint density at radius 2 is 1.10 bits per heavy atom. The van der Waals surface area contributed by atoms with Crippen LogP contribution in [0.2, 0.25) is 0 Å². The molecule has 0 heterocycles. The minimum Gasteiger partial charge on any atom is -0.138 e. The van der Waals surface area contributed by atoms with Gasteiger partial charge in [0.1, 0.15) is 0 Å². The summed E-state index contributed by atoms with van der Waals surface area (Å²) in [6.07, 6.45) is 24.0. The molecule has 0 aliphatic carbocycles. The van der Waals surface area contributed by atoms with Crippen molar-refractivity contribution in [1.29, 1.82) is 0 Å². The molecule has 3 heteroatoms. The van der Waals surface area contributed by atoms with Crippen molar-refractivity contribution in [3.05, 3.63) is 12.2 Å². The normalized spacial score (nSPS) is 11.5. The van der Waals surface area contributed by atoms with E-state index in [0.29, 0.717) is 0 Å². The average molecular weight is 335 g/mol. The highest BCUT2D eigenvalue weighted by Crippen LogP contribution is 2.12. The fraction of sp³-hybridized carbons (Fsp3) is 0.882. The molecule has 0 aliphatic rings. The van der Waals surface area contributed by atoms with E-state index in [4.69, 9.17) is 0 Å². The number of allylic oxidation sites excluding steroid dienone is 2. The van der Waals surface area contributed by atoms with Crippen LogP contribution in [-0.2, 0) is 0 Å². The molecule has 1 unspecified atom stereocenters. The van der Waals surface area contributed by atoms with Gasteiger partial charge in [-0.1, -0.05) is 67.9 Å². The Labute approximate surface area is 139 Å². The van der Waals surface area contributed by atoms with Gasteiger partial charge in [0.2, 0.25) is 0 Å². The van der Waals surface area contributed by atoms with Crippen LogP contribution in [0, 0.1) is 0 Å². The van der Waals surface area contributed by atoms with Crippen LogP contribution in [0.4, 0.5) is 0 Å². The molecule has 0 aromatic carbocycles. The van der Waals surface area contributed by atoms with Crippen molar-refractivity contribution in [2.24, 2.45) is 0 Å². The van der Waals surface area contributed by atoms with E-state index in [1.54, 1.807) is 10.8 Å². The first-order valence-corrected chi connectivity index (χ1v) is 11.4. The number of hydrogen-bond donors (Lipinski definition) is 1. The maximum atomic E-state index is 4.15. The lowest BCUT2D eigenvalue weighted by Gasteiger charge is -1.99. The molecule has 0 radical (unpaired) electrons. The molecule has 0 fully saturated rings. The summed E-state index contributed by atoms with van der Waals surface area (Å²) in [6, 6.07) is 0.